The molecule has 3 saturated heterocycles. The number of likely N-dealkylation sites (N-methyl/N-ethyl adjacent to an activating group) is 2. The van der Waals surface area contributed by atoms with Gasteiger partial charge in [-0.15, -0.1) is 0 Å². The Bertz CT molecular complexity index is 602. The average Bonchev–Trinajstić information content (AvgIpc) is 3.30. The van der Waals surface area contributed by atoms with Crippen molar-refractivity contribution in [2.75, 3.05) is 53.6 Å². The van der Waals surface area contributed by atoms with Crippen LogP contribution in [0.25, 0.3) is 0 Å². The summed E-state index contributed by atoms with van der Waals surface area (Å²) in [6.45, 7) is 7.19. The SMILES string of the molecule is CC1CCCC(CN(C)CCN(C)C[C@H]2O[C@@H](N3CNC4C(N)NCNC43)[C@H](O)[C@@H]2O)C1. The summed E-state index contributed by atoms with van der Waals surface area (Å²) in [4.78, 5) is 6.68. The predicted octanol–water partition coefficient (Wildman–Crippen LogP) is -1.88. The maximum absolute atomic E-state index is 10.7. The molecule has 0 amide bonds. The van der Waals surface area contributed by atoms with E-state index in [2.05, 4.69) is 46.8 Å². The summed E-state index contributed by atoms with van der Waals surface area (Å²) in [6.07, 6.45) is 2.44. The van der Waals surface area contributed by atoms with Gasteiger partial charge in [0.25, 0.3) is 0 Å². The third kappa shape index (κ3) is 5.63. The van der Waals surface area contributed by atoms with Crippen LogP contribution in [-0.2, 0) is 4.74 Å². The van der Waals surface area contributed by atoms with Gasteiger partial charge in [0.1, 0.15) is 24.5 Å². The highest BCUT2D eigenvalue weighted by Gasteiger charge is 2.51. The maximum Gasteiger partial charge on any atom is 0.142 e. The number of fused-ring (bicyclic) bond motifs is 1. The van der Waals surface area contributed by atoms with E-state index < -0.39 is 24.5 Å². The zero-order valence-corrected chi connectivity index (χ0v) is 20.0. The topological polar surface area (TPSA) is 122 Å². The van der Waals surface area contributed by atoms with Gasteiger partial charge in [-0.3, -0.25) is 16.0 Å². The predicted molar refractivity (Wildman–Crippen MR) is 123 cm³/mol. The van der Waals surface area contributed by atoms with Crippen LogP contribution >= 0.6 is 0 Å². The first kappa shape index (κ1) is 24.7. The van der Waals surface area contributed by atoms with E-state index in [0.29, 0.717) is 19.9 Å². The zero-order valence-electron chi connectivity index (χ0n) is 20.0. The minimum absolute atomic E-state index is 0.0288. The first-order valence-electron chi connectivity index (χ1n) is 12.4. The van der Waals surface area contributed by atoms with Gasteiger partial charge in [-0.1, -0.05) is 19.8 Å². The van der Waals surface area contributed by atoms with Crippen LogP contribution in [0.4, 0.5) is 0 Å². The Balaban J connectivity index is 1.23. The lowest BCUT2D eigenvalue weighted by Gasteiger charge is -2.38. The van der Waals surface area contributed by atoms with Gasteiger partial charge < -0.3 is 30.5 Å². The molecule has 5 unspecified atom stereocenters. The molecule has 186 valence electrons. The fraction of sp³-hybridized carbons (Fsp3) is 1.00. The average molecular weight is 456 g/mol. The van der Waals surface area contributed by atoms with Crippen molar-refractivity contribution in [1.29, 1.82) is 0 Å². The summed E-state index contributed by atoms with van der Waals surface area (Å²) in [6, 6.07) is 0.0288. The number of rotatable bonds is 8. The Labute approximate surface area is 192 Å². The standard InChI is InChI=1S/C22H45N7O3/c1-14-5-4-6-15(9-14)10-27(2)7-8-28(3)11-16-18(30)19(31)22(32-16)29-13-26-17-20(23)24-12-25-21(17)29/h14-22,24-26,30-31H,4-13,23H2,1-3H3/t14?,15?,16-,17?,18-,19-,20?,21?,22-/m1/s1. The smallest absolute Gasteiger partial charge is 0.142 e. The van der Waals surface area contributed by atoms with E-state index in [4.69, 9.17) is 10.5 Å². The number of hydrogen-bond donors (Lipinski definition) is 6. The van der Waals surface area contributed by atoms with Gasteiger partial charge in [0.05, 0.1) is 25.0 Å². The summed E-state index contributed by atoms with van der Waals surface area (Å²) in [7, 11) is 4.27. The number of nitrogens with one attached hydrogen (secondary N) is 3. The molecule has 4 rings (SSSR count). The van der Waals surface area contributed by atoms with Crippen molar-refractivity contribution < 1.29 is 14.9 Å². The van der Waals surface area contributed by atoms with Crippen molar-refractivity contribution in [1.82, 2.24) is 30.7 Å². The number of ether oxygens (including phenoxy) is 1. The van der Waals surface area contributed by atoms with E-state index in [9.17, 15) is 10.2 Å². The molecule has 0 bridgehead atoms. The molecule has 10 heteroatoms. The van der Waals surface area contributed by atoms with Crippen LogP contribution in [0.1, 0.15) is 32.6 Å². The highest BCUT2D eigenvalue weighted by atomic mass is 16.6. The molecular weight excluding hydrogens is 410 g/mol. The summed E-state index contributed by atoms with van der Waals surface area (Å²) in [5.41, 5.74) is 6.16. The van der Waals surface area contributed by atoms with Crippen LogP contribution < -0.4 is 21.7 Å². The van der Waals surface area contributed by atoms with Crippen LogP contribution in [0.3, 0.4) is 0 Å². The highest BCUT2D eigenvalue weighted by molar-refractivity contribution is 5.01. The van der Waals surface area contributed by atoms with Gasteiger partial charge in [-0.05, 0) is 38.8 Å². The second kappa shape index (κ2) is 10.9. The molecular formula is C22H45N7O3. The molecule has 1 aliphatic carbocycles. The molecule has 3 heterocycles. The molecule has 32 heavy (non-hydrogen) atoms. The molecule has 4 fully saturated rings. The minimum Gasteiger partial charge on any atom is -0.387 e. The summed E-state index contributed by atoms with van der Waals surface area (Å²) >= 11 is 0. The van der Waals surface area contributed by atoms with E-state index in [1.807, 2.05) is 4.90 Å². The van der Waals surface area contributed by atoms with Crippen molar-refractivity contribution in [3.8, 4) is 0 Å². The lowest BCUT2D eigenvalue weighted by Crippen LogP contribution is -2.68. The molecule has 3 aliphatic heterocycles. The maximum atomic E-state index is 10.7. The van der Waals surface area contributed by atoms with Crippen molar-refractivity contribution in [3.63, 3.8) is 0 Å². The fourth-order valence-corrected chi connectivity index (χ4v) is 6.00. The van der Waals surface area contributed by atoms with E-state index in [1.54, 1.807) is 0 Å². The molecule has 0 aromatic heterocycles. The molecule has 9 atom stereocenters. The van der Waals surface area contributed by atoms with Crippen molar-refractivity contribution in [2.45, 2.75) is 75.5 Å². The van der Waals surface area contributed by atoms with Crippen LogP contribution in [0.5, 0.6) is 0 Å². The van der Waals surface area contributed by atoms with Gasteiger partial charge in [0.15, 0.2) is 0 Å². The van der Waals surface area contributed by atoms with Crippen LogP contribution in [-0.4, -0.2) is 121 Å². The number of nitrogens with zero attached hydrogens (tertiary/aromatic N) is 3. The fourth-order valence-electron chi connectivity index (χ4n) is 6.00. The highest BCUT2D eigenvalue weighted by Crippen LogP contribution is 2.30. The molecule has 7 N–H and O–H groups in total. The number of nitrogens with two attached hydrogens (primary N) is 1. The Hall–Kier alpha value is -0.400. The van der Waals surface area contributed by atoms with Crippen LogP contribution in [0, 0.1) is 11.8 Å². The molecule has 0 aromatic carbocycles. The van der Waals surface area contributed by atoms with Gasteiger partial charge in [-0.25, -0.2) is 4.90 Å². The van der Waals surface area contributed by atoms with E-state index in [1.165, 1.54) is 25.7 Å². The second-order valence-electron chi connectivity index (χ2n) is 10.7. The molecule has 0 aromatic rings. The first-order chi connectivity index (χ1) is 15.3. The number of aliphatic hydroxyl groups is 2. The largest absolute Gasteiger partial charge is 0.387 e. The van der Waals surface area contributed by atoms with E-state index in [0.717, 1.165) is 31.5 Å². The Morgan fingerprint density at radius 3 is 2.53 bits per heavy atom. The normalized spacial score (nSPS) is 43.3. The van der Waals surface area contributed by atoms with Gasteiger partial charge in [0, 0.05) is 32.8 Å². The first-order valence-corrected chi connectivity index (χ1v) is 12.4. The van der Waals surface area contributed by atoms with Gasteiger partial charge in [-0.2, -0.15) is 0 Å². The Morgan fingerprint density at radius 1 is 1.03 bits per heavy atom. The Kier molecular flexibility index (Phi) is 8.42. The summed E-state index contributed by atoms with van der Waals surface area (Å²) in [5.74, 6) is 1.68. The third-order valence-electron chi connectivity index (χ3n) is 7.88. The zero-order chi connectivity index (χ0) is 22.8. The van der Waals surface area contributed by atoms with E-state index >= 15 is 0 Å². The second-order valence-corrected chi connectivity index (χ2v) is 10.7. The molecule has 0 spiro atoms. The molecule has 4 aliphatic rings. The summed E-state index contributed by atoms with van der Waals surface area (Å²) < 4.78 is 6.19. The molecule has 1 saturated carbocycles. The van der Waals surface area contributed by atoms with Crippen molar-refractivity contribution in [2.24, 2.45) is 17.6 Å². The molecule has 10 nitrogen and oxygen atoms in total. The monoisotopic (exact) mass is 455 g/mol. The van der Waals surface area contributed by atoms with E-state index in [-0.39, 0.29) is 18.4 Å². The lowest BCUT2D eigenvalue weighted by molar-refractivity contribution is -0.106. The van der Waals surface area contributed by atoms with Crippen LogP contribution in [0.15, 0.2) is 0 Å². The van der Waals surface area contributed by atoms with Crippen LogP contribution in [0.2, 0.25) is 0 Å². The summed E-state index contributed by atoms with van der Waals surface area (Å²) in [5, 5.41) is 31.4. The lowest BCUT2D eigenvalue weighted by atomic mass is 9.82. The third-order valence-corrected chi connectivity index (χ3v) is 7.88. The quantitative estimate of drug-likeness (QED) is 0.248. The van der Waals surface area contributed by atoms with Crippen molar-refractivity contribution in [3.05, 3.63) is 0 Å². The van der Waals surface area contributed by atoms with Gasteiger partial charge >= 0.3 is 0 Å². The minimum atomic E-state index is -0.946. The van der Waals surface area contributed by atoms with Crippen molar-refractivity contribution >= 4 is 0 Å². The Morgan fingerprint density at radius 2 is 1.78 bits per heavy atom. The number of hydrogen-bond acceptors (Lipinski definition) is 10. The number of aliphatic hydroxyl groups excluding tert-OH is 2. The molecule has 0 radical (unpaired) electrons. The van der Waals surface area contributed by atoms with Gasteiger partial charge in [0.2, 0.25) is 0 Å².